The van der Waals surface area contributed by atoms with Crippen LogP contribution in [-0.4, -0.2) is 54.6 Å². The van der Waals surface area contributed by atoms with Crippen molar-refractivity contribution in [1.29, 1.82) is 0 Å². The molecule has 2 aliphatic heterocycles. The van der Waals surface area contributed by atoms with Gasteiger partial charge in [-0.05, 0) is 12.1 Å². The van der Waals surface area contributed by atoms with Crippen molar-refractivity contribution >= 4 is 21.8 Å². The summed E-state index contributed by atoms with van der Waals surface area (Å²) in [5, 5.41) is 0.697. The SMILES string of the molecule is O=C(C1COc2ccccc2O1)N1CCOCC1CBr. The van der Waals surface area contributed by atoms with Crippen molar-refractivity contribution in [2.75, 3.05) is 31.7 Å². The fourth-order valence-corrected chi connectivity index (χ4v) is 2.94. The fraction of sp³-hybridized carbons (Fsp3) is 0.500. The molecule has 2 aliphatic rings. The monoisotopic (exact) mass is 341 g/mol. The molecule has 5 nitrogen and oxygen atoms in total. The summed E-state index contributed by atoms with van der Waals surface area (Å²) in [6.45, 7) is 1.97. The summed E-state index contributed by atoms with van der Waals surface area (Å²) >= 11 is 3.42. The highest BCUT2D eigenvalue weighted by molar-refractivity contribution is 9.09. The molecular weight excluding hydrogens is 326 g/mol. The van der Waals surface area contributed by atoms with Gasteiger partial charge in [-0.3, -0.25) is 4.79 Å². The number of para-hydroxylation sites is 2. The summed E-state index contributed by atoms with van der Waals surface area (Å²) in [5.41, 5.74) is 0. The lowest BCUT2D eigenvalue weighted by molar-refractivity contribution is -0.148. The molecular formula is C14H16BrNO4. The lowest BCUT2D eigenvalue weighted by Gasteiger charge is -2.37. The van der Waals surface area contributed by atoms with E-state index in [9.17, 15) is 4.79 Å². The second-order valence-corrected chi connectivity index (χ2v) is 5.43. The van der Waals surface area contributed by atoms with E-state index < -0.39 is 6.10 Å². The molecule has 1 aromatic rings. The molecule has 0 N–H and O–H groups in total. The molecule has 1 aromatic carbocycles. The first-order valence-electron chi connectivity index (χ1n) is 6.62. The van der Waals surface area contributed by atoms with Crippen LogP contribution in [0.3, 0.4) is 0 Å². The maximum atomic E-state index is 12.6. The minimum atomic E-state index is -0.579. The molecule has 0 saturated carbocycles. The van der Waals surface area contributed by atoms with Crippen molar-refractivity contribution in [2.24, 2.45) is 0 Å². The molecule has 20 heavy (non-hydrogen) atoms. The van der Waals surface area contributed by atoms with Crippen LogP contribution in [0, 0.1) is 0 Å². The largest absolute Gasteiger partial charge is 0.485 e. The molecule has 1 fully saturated rings. The average Bonchev–Trinajstić information content (AvgIpc) is 2.53. The lowest BCUT2D eigenvalue weighted by Crippen LogP contribution is -2.55. The van der Waals surface area contributed by atoms with E-state index in [0.29, 0.717) is 36.6 Å². The summed E-state index contributed by atoms with van der Waals surface area (Å²) in [4.78, 5) is 14.4. The van der Waals surface area contributed by atoms with Crippen LogP contribution in [0.5, 0.6) is 11.5 Å². The number of morpholine rings is 1. The summed E-state index contributed by atoms with van der Waals surface area (Å²) in [5.74, 6) is 1.28. The van der Waals surface area contributed by atoms with Crippen molar-refractivity contribution in [3.8, 4) is 11.5 Å². The standard InChI is InChI=1S/C14H16BrNO4/c15-7-10-8-18-6-5-16(10)14(17)13-9-19-11-3-1-2-4-12(11)20-13/h1-4,10,13H,5-9H2. The van der Waals surface area contributed by atoms with Crippen LogP contribution in [0.4, 0.5) is 0 Å². The van der Waals surface area contributed by atoms with Crippen LogP contribution >= 0.6 is 15.9 Å². The Bertz CT molecular complexity index is 496. The summed E-state index contributed by atoms with van der Waals surface area (Å²) in [6.07, 6.45) is -0.579. The zero-order valence-electron chi connectivity index (χ0n) is 11.0. The van der Waals surface area contributed by atoms with Gasteiger partial charge in [0, 0.05) is 11.9 Å². The van der Waals surface area contributed by atoms with E-state index in [1.807, 2.05) is 29.2 Å². The third-order valence-corrected chi connectivity index (χ3v) is 4.22. The Balaban J connectivity index is 1.72. The molecule has 1 amide bonds. The number of alkyl halides is 1. The Kier molecular flexibility index (Phi) is 4.12. The van der Waals surface area contributed by atoms with Gasteiger partial charge < -0.3 is 19.1 Å². The van der Waals surface area contributed by atoms with Crippen molar-refractivity contribution < 1.29 is 19.0 Å². The zero-order chi connectivity index (χ0) is 13.9. The first kappa shape index (κ1) is 13.7. The highest BCUT2D eigenvalue weighted by atomic mass is 79.9. The van der Waals surface area contributed by atoms with Crippen molar-refractivity contribution in [3.63, 3.8) is 0 Å². The van der Waals surface area contributed by atoms with Crippen LogP contribution < -0.4 is 9.47 Å². The number of carbonyl (C=O) groups excluding carboxylic acids is 1. The van der Waals surface area contributed by atoms with Gasteiger partial charge in [0.05, 0.1) is 19.3 Å². The quantitative estimate of drug-likeness (QED) is 0.764. The number of carbonyl (C=O) groups is 1. The number of hydrogen-bond donors (Lipinski definition) is 0. The predicted molar refractivity (Wildman–Crippen MR) is 76.5 cm³/mol. The maximum absolute atomic E-state index is 12.6. The smallest absolute Gasteiger partial charge is 0.267 e. The first-order valence-corrected chi connectivity index (χ1v) is 7.74. The van der Waals surface area contributed by atoms with Gasteiger partial charge in [0.25, 0.3) is 5.91 Å². The highest BCUT2D eigenvalue weighted by Gasteiger charge is 2.35. The van der Waals surface area contributed by atoms with E-state index in [1.165, 1.54) is 0 Å². The third-order valence-electron chi connectivity index (χ3n) is 3.47. The summed E-state index contributed by atoms with van der Waals surface area (Å²) in [6, 6.07) is 7.46. The Morgan fingerprint density at radius 3 is 2.90 bits per heavy atom. The molecule has 108 valence electrons. The zero-order valence-corrected chi connectivity index (χ0v) is 12.5. The molecule has 6 heteroatoms. The van der Waals surface area contributed by atoms with Crippen molar-refractivity contribution in [1.82, 2.24) is 4.90 Å². The van der Waals surface area contributed by atoms with Gasteiger partial charge in [0.15, 0.2) is 11.5 Å². The molecule has 2 atom stereocenters. The van der Waals surface area contributed by atoms with Gasteiger partial charge in [-0.1, -0.05) is 28.1 Å². The second-order valence-electron chi connectivity index (χ2n) is 4.78. The Morgan fingerprint density at radius 2 is 2.10 bits per heavy atom. The van der Waals surface area contributed by atoms with Crippen molar-refractivity contribution in [3.05, 3.63) is 24.3 Å². The van der Waals surface area contributed by atoms with Gasteiger partial charge >= 0.3 is 0 Å². The van der Waals surface area contributed by atoms with Crippen LogP contribution in [-0.2, 0) is 9.53 Å². The summed E-state index contributed by atoms with van der Waals surface area (Å²) < 4.78 is 16.8. The van der Waals surface area contributed by atoms with E-state index in [-0.39, 0.29) is 18.6 Å². The molecule has 0 aromatic heterocycles. The number of rotatable bonds is 2. The molecule has 0 bridgehead atoms. The minimum Gasteiger partial charge on any atom is -0.485 e. The molecule has 0 spiro atoms. The van der Waals surface area contributed by atoms with Crippen LogP contribution in [0.25, 0.3) is 0 Å². The van der Waals surface area contributed by atoms with Crippen LogP contribution in [0.15, 0.2) is 24.3 Å². The number of fused-ring (bicyclic) bond motifs is 1. The van der Waals surface area contributed by atoms with Gasteiger partial charge in [-0.15, -0.1) is 0 Å². The molecule has 0 radical (unpaired) electrons. The Hall–Kier alpha value is -1.27. The fourth-order valence-electron chi connectivity index (χ4n) is 2.40. The van der Waals surface area contributed by atoms with E-state index in [1.54, 1.807) is 0 Å². The van der Waals surface area contributed by atoms with E-state index >= 15 is 0 Å². The van der Waals surface area contributed by atoms with Gasteiger partial charge in [-0.25, -0.2) is 0 Å². The highest BCUT2D eigenvalue weighted by Crippen LogP contribution is 2.31. The molecule has 2 unspecified atom stereocenters. The minimum absolute atomic E-state index is 0.0350. The molecule has 3 rings (SSSR count). The molecule has 2 heterocycles. The Labute approximate surface area is 125 Å². The number of benzene rings is 1. The van der Waals surface area contributed by atoms with Crippen molar-refractivity contribution in [2.45, 2.75) is 12.1 Å². The maximum Gasteiger partial charge on any atom is 0.267 e. The predicted octanol–water partition coefficient (Wildman–Crippen LogP) is 1.45. The Morgan fingerprint density at radius 1 is 1.30 bits per heavy atom. The normalized spacial score (nSPS) is 25.4. The topological polar surface area (TPSA) is 48.0 Å². The number of hydrogen-bond acceptors (Lipinski definition) is 4. The van der Waals surface area contributed by atoms with Gasteiger partial charge in [0.2, 0.25) is 6.10 Å². The number of amides is 1. The number of nitrogens with zero attached hydrogens (tertiary/aromatic N) is 1. The van der Waals surface area contributed by atoms with E-state index in [0.717, 1.165) is 0 Å². The first-order chi connectivity index (χ1) is 9.79. The number of halogens is 1. The second kappa shape index (κ2) is 6.01. The van der Waals surface area contributed by atoms with Gasteiger partial charge in [-0.2, -0.15) is 0 Å². The van der Waals surface area contributed by atoms with E-state index in [4.69, 9.17) is 14.2 Å². The molecule has 1 saturated heterocycles. The van der Waals surface area contributed by atoms with E-state index in [2.05, 4.69) is 15.9 Å². The summed E-state index contributed by atoms with van der Waals surface area (Å²) in [7, 11) is 0. The lowest BCUT2D eigenvalue weighted by atomic mass is 10.2. The number of ether oxygens (including phenoxy) is 3. The van der Waals surface area contributed by atoms with Crippen LogP contribution in [0.2, 0.25) is 0 Å². The molecule has 0 aliphatic carbocycles. The van der Waals surface area contributed by atoms with Crippen LogP contribution in [0.1, 0.15) is 0 Å². The third kappa shape index (κ3) is 2.62. The van der Waals surface area contributed by atoms with Gasteiger partial charge in [0.1, 0.15) is 6.61 Å². The average molecular weight is 342 g/mol.